The van der Waals surface area contributed by atoms with Crippen LogP contribution in [-0.2, 0) is 27.3 Å². The summed E-state index contributed by atoms with van der Waals surface area (Å²) in [6.45, 7) is 2.38. The van der Waals surface area contributed by atoms with E-state index in [0.717, 1.165) is 20.9 Å². The van der Waals surface area contributed by atoms with Crippen molar-refractivity contribution in [2.75, 3.05) is 24.3 Å². The predicted molar refractivity (Wildman–Crippen MR) is 170 cm³/mol. The molecule has 1 aromatic heterocycles. The third-order valence-electron chi connectivity index (χ3n) is 6.90. The Morgan fingerprint density at radius 2 is 1.74 bits per heavy atom. The van der Waals surface area contributed by atoms with Crippen molar-refractivity contribution in [1.82, 2.24) is 4.90 Å². The highest BCUT2D eigenvalue weighted by Gasteiger charge is 2.32. The van der Waals surface area contributed by atoms with E-state index in [0.29, 0.717) is 46.3 Å². The molecule has 0 bridgehead atoms. The summed E-state index contributed by atoms with van der Waals surface area (Å²) in [6.07, 6.45) is 0.496. The van der Waals surface area contributed by atoms with Crippen LogP contribution in [0.1, 0.15) is 48.9 Å². The van der Waals surface area contributed by atoms with Crippen LogP contribution in [0.25, 0.3) is 0 Å². The zero-order chi connectivity index (χ0) is 30.5. The second kappa shape index (κ2) is 13.5. The standard InChI is InChI=1S/C32H28ClN3O5S2/c1-19(37)36-15-14-25-26(18-36)43-31(27(25)32(40)41-2)35-30(39)28(20-8-4-3-5-9-20)42-24-13-7-12-23(17-24)34-29(38)21-10-6-11-22(33)16-21/h3-13,16-17,28H,14-15,18H2,1-2H3,(H,34,38)(H,35,39). The fraction of sp³-hybridized carbons (Fsp3) is 0.188. The van der Waals surface area contributed by atoms with Crippen LogP contribution in [0.4, 0.5) is 10.7 Å². The summed E-state index contributed by atoms with van der Waals surface area (Å²) in [5.41, 5.74) is 2.90. The van der Waals surface area contributed by atoms with Crippen molar-refractivity contribution in [3.63, 3.8) is 0 Å². The van der Waals surface area contributed by atoms with E-state index in [1.807, 2.05) is 36.4 Å². The molecule has 3 aromatic carbocycles. The molecule has 1 aliphatic heterocycles. The van der Waals surface area contributed by atoms with Gasteiger partial charge in [-0.3, -0.25) is 14.4 Å². The van der Waals surface area contributed by atoms with Gasteiger partial charge in [0.25, 0.3) is 5.91 Å². The second-order valence-corrected chi connectivity index (χ2v) is 12.5. The third-order valence-corrected chi connectivity index (χ3v) is 9.52. The van der Waals surface area contributed by atoms with Gasteiger partial charge in [-0.25, -0.2) is 4.79 Å². The minimum atomic E-state index is -0.682. The van der Waals surface area contributed by atoms with Gasteiger partial charge in [0.2, 0.25) is 11.8 Å². The summed E-state index contributed by atoms with van der Waals surface area (Å²) in [4.78, 5) is 54.9. The number of carbonyl (C=O) groups is 4. The first-order chi connectivity index (χ1) is 20.7. The van der Waals surface area contributed by atoms with E-state index >= 15 is 0 Å². The average molecular weight is 634 g/mol. The van der Waals surface area contributed by atoms with Crippen LogP contribution in [0.3, 0.4) is 0 Å². The molecule has 0 aliphatic carbocycles. The molecule has 4 aromatic rings. The lowest BCUT2D eigenvalue weighted by Gasteiger charge is -2.25. The van der Waals surface area contributed by atoms with E-state index in [1.54, 1.807) is 47.4 Å². The molecule has 0 saturated heterocycles. The summed E-state index contributed by atoms with van der Waals surface area (Å²) in [5, 5.41) is 6.06. The molecule has 0 radical (unpaired) electrons. The van der Waals surface area contributed by atoms with Crippen LogP contribution in [0.5, 0.6) is 0 Å². The maximum Gasteiger partial charge on any atom is 0.341 e. The van der Waals surface area contributed by atoms with Crippen molar-refractivity contribution in [1.29, 1.82) is 0 Å². The van der Waals surface area contributed by atoms with Crippen LogP contribution in [-0.4, -0.2) is 42.2 Å². The number of esters is 1. The number of halogens is 1. The van der Waals surface area contributed by atoms with Gasteiger partial charge in [-0.2, -0.15) is 0 Å². The predicted octanol–water partition coefficient (Wildman–Crippen LogP) is 6.82. The van der Waals surface area contributed by atoms with Gasteiger partial charge < -0.3 is 20.3 Å². The number of hydrogen-bond donors (Lipinski definition) is 2. The number of nitrogens with zero attached hydrogens (tertiary/aromatic N) is 1. The monoisotopic (exact) mass is 633 g/mol. The van der Waals surface area contributed by atoms with Gasteiger partial charge in [-0.05, 0) is 53.9 Å². The molecule has 220 valence electrons. The zero-order valence-corrected chi connectivity index (χ0v) is 25.8. The number of amides is 3. The van der Waals surface area contributed by atoms with Crippen molar-refractivity contribution in [2.45, 2.75) is 30.0 Å². The summed E-state index contributed by atoms with van der Waals surface area (Å²) < 4.78 is 5.07. The second-order valence-electron chi connectivity index (χ2n) is 9.78. The molecule has 11 heteroatoms. The van der Waals surface area contributed by atoms with Crippen LogP contribution in [0.15, 0.2) is 83.8 Å². The van der Waals surface area contributed by atoms with Crippen LogP contribution < -0.4 is 10.6 Å². The molecule has 5 rings (SSSR count). The van der Waals surface area contributed by atoms with Gasteiger partial charge in [-0.15, -0.1) is 23.1 Å². The number of rotatable bonds is 8. The number of nitrogens with one attached hydrogen (secondary N) is 2. The summed E-state index contributed by atoms with van der Waals surface area (Å²) in [6, 6.07) is 23.2. The van der Waals surface area contributed by atoms with E-state index in [-0.39, 0.29) is 17.7 Å². The number of thiophene rings is 1. The summed E-state index contributed by atoms with van der Waals surface area (Å²) in [7, 11) is 1.31. The quantitative estimate of drug-likeness (QED) is 0.163. The SMILES string of the molecule is COC(=O)c1c(NC(=O)C(Sc2cccc(NC(=O)c3cccc(Cl)c3)c2)c2ccccc2)sc2c1CCN(C(C)=O)C2. The number of methoxy groups -OCH3 is 1. The number of hydrogen-bond acceptors (Lipinski definition) is 7. The molecule has 2 N–H and O–H groups in total. The van der Waals surface area contributed by atoms with E-state index < -0.39 is 11.2 Å². The Bertz CT molecular complexity index is 1690. The minimum absolute atomic E-state index is 0.0456. The molecule has 1 unspecified atom stereocenters. The number of ether oxygens (including phenoxy) is 1. The molecule has 2 heterocycles. The minimum Gasteiger partial charge on any atom is -0.465 e. The lowest BCUT2D eigenvalue weighted by atomic mass is 10.0. The topological polar surface area (TPSA) is 105 Å². The molecule has 1 aliphatic rings. The highest BCUT2D eigenvalue weighted by atomic mass is 35.5. The van der Waals surface area contributed by atoms with Crippen LogP contribution in [0.2, 0.25) is 5.02 Å². The smallest absolute Gasteiger partial charge is 0.341 e. The molecule has 0 fully saturated rings. The molecular formula is C32H28ClN3O5S2. The Hall–Kier alpha value is -4.12. The highest BCUT2D eigenvalue weighted by molar-refractivity contribution is 8.00. The first-order valence-corrected chi connectivity index (χ1v) is 15.5. The first-order valence-electron chi connectivity index (χ1n) is 13.4. The Kier molecular flexibility index (Phi) is 9.49. The number of anilines is 2. The van der Waals surface area contributed by atoms with Crippen molar-refractivity contribution in [2.24, 2.45) is 0 Å². The van der Waals surface area contributed by atoms with Gasteiger partial charge in [0, 0.05) is 39.5 Å². The molecule has 3 amide bonds. The van der Waals surface area contributed by atoms with Crippen LogP contribution in [0, 0.1) is 0 Å². The van der Waals surface area contributed by atoms with Crippen molar-refractivity contribution < 1.29 is 23.9 Å². The number of fused-ring (bicyclic) bond motifs is 1. The number of benzene rings is 3. The molecule has 43 heavy (non-hydrogen) atoms. The summed E-state index contributed by atoms with van der Waals surface area (Å²) >= 11 is 8.65. The largest absolute Gasteiger partial charge is 0.465 e. The number of thioether (sulfide) groups is 1. The van der Waals surface area contributed by atoms with Gasteiger partial charge >= 0.3 is 5.97 Å². The van der Waals surface area contributed by atoms with E-state index in [1.165, 1.54) is 37.1 Å². The lowest BCUT2D eigenvalue weighted by molar-refractivity contribution is -0.129. The molecule has 1 atom stereocenters. The van der Waals surface area contributed by atoms with E-state index in [2.05, 4.69) is 10.6 Å². The van der Waals surface area contributed by atoms with E-state index in [4.69, 9.17) is 16.3 Å². The van der Waals surface area contributed by atoms with Gasteiger partial charge in [0.1, 0.15) is 10.3 Å². The van der Waals surface area contributed by atoms with Crippen molar-refractivity contribution >= 4 is 69.1 Å². The van der Waals surface area contributed by atoms with Crippen LogP contribution >= 0.6 is 34.7 Å². The Balaban J connectivity index is 1.41. The Labute approximate surface area is 262 Å². The fourth-order valence-electron chi connectivity index (χ4n) is 4.77. The zero-order valence-electron chi connectivity index (χ0n) is 23.4. The highest BCUT2D eigenvalue weighted by Crippen LogP contribution is 2.41. The molecule has 0 saturated carbocycles. The first kappa shape index (κ1) is 30.3. The van der Waals surface area contributed by atoms with Gasteiger partial charge in [-0.1, -0.05) is 54.1 Å². The van der Waals surface area contributed by atoms with Gasteiger partial charge in [0.15, 0.2) is 0 Å². The Morgan fingerprint density at radius 3 is 2.47 bits per heavy atom. The summed E-state index contributed by atoms with van der Waals surface area (Å²) in [5.74, 6) is -1.20. The maximum absolute atomic E-state index is 13.9. The number of carbonyl (C=O) groups excluding carboxylic acids is 4. The van der Waals surface area contributed by atoms with Crippen molar-refractivity contribution in [3.8, 4) is 0 Å². The lowest BCUT2D eigenvalue weighted by Crippen LogP contribution is -2.33. The maximum atomic E-state index is 13.9. The van der Waals surface area contributed by atoms with Gasteiger partial charge in [0.05, 0.1) is 19.2 Å². The van der Waals surface area contributed by atoms with E-state index in [9.17, 15) is 19.2 Å². The Morgan fingerprint density at radius 1 is 0.977 bits per heavy atom. The molecular weight excluding hydrogens is 606 g/mol. The third kappa shape index (κ3) is 7.10. The fourth-order valence-corrected chi connectivity index (χ4v) is 7.30. The molecule has 0 spiro atoms. The van der Waals surface area contributed by atoms with Crippen molar-refractivity contribution in [3.05, 3.63) is 111 Å². The normalized spacial score (nSPS) is 13.0. The molecule has 8 nitrogen and oxygen atoms in total. The average Bonchev–Trinajstić information content (AvgIpc) is 3.37.